The third kappa shape index (κ3) is 7.04. The van der Waals surface area contributed by atoms with Crippen LogP contribution in [-0.2, 0) is 13.9 Å². The summed E-state index contributed by atoms with van der Waals surface area (Å²) in [6.07, 6.45) is -1.56. The Labute approximate surface area is 312 Å². The van der Waals surface area contributed by atoms with Crippen LogP contribution in [0.25, 0.3) is 0 Å². The molecule has 1 aliphatic heterocycles. The molecule has 7 heteroatoms. The smallest absolute Gasteiger partial charge is 0.261 e. The minimum absolute atomic E-state index is 0.227. The van der Waals surface area contributed by atoms with Gasteiger partial charge in [-0.05, 0) is 42.8 Å². The zero-order valence-electron chi connectivity index (χ0n) is 31.4. The van der Waals surface area contributed by atoms with E-state index < -0.39 is 46.1 Å². The molecule has 0 aromatic heterocycles. The molecule has 1 heterocycles. The Bertz CT molecular complexity index is 1750. The molecule has 2 N–H and O–H groups in total. The number of hydrogen-bond acceptors (Lipinski definition) is 5. The van der Waals surface area contributed by atoms with Gasteiger partial charge in [0.25, 0.3) is 16.6 Å². The number of aliphatic hydroxyl groups excluding tert-OH is 1. The number of benzene rings is 5. The Morgan fingerprint density at radius 3 is 1.38 bits per heavy atom. The van der Waals surface area contributed by atoms with Gasteiger partial charge in [-0.25, -0.2) is 0 Å². The Balaban J connectivity index is 1.52. The average molecular weight is 731 g/mol. The number of methoxy groups -OCH3 is 1. The fraction of sp³-hybridized carbons (Fsp3) is 0.333. The molecule has 1 aliphatic rings. The first kappa shape index (κ1) is 38.1. The SMILES string of the molecule is CO[C@H]1C(O[Si](c2ccccc2)(c2ccccc2)C(C)(C)C)[C@@H](CO)O[C@@H](c2ccccc2)C1CC(C)(C)[Si](O)(c1ccccc1)c1ccccc1. The molecule has 1 saturated heterocycles. The zero-order chi connectivity index (χ0) is 37.0. The van der Waals surface area contributed by atoms with Crippen molar-refractivity contribution >= 4 is 37.4 Å². The molecule has 5 aromatic rings. The standard InChI is InChI=1S/C45H54O5Si2/c1-44(2,3)52(37-28-18-10-19-29-37,38-30-20-11-21-31-38)50-43-40(33-46)49-41(34-22-12-7-13-23-34)39(42(43)48-6)32-45(4,5)51(47,35-24-14-8-15-25-35)36-26-16-9-17-27-36/h7-31,39-43,46-47H,32-33H2,1-6H3/t39?,40-,41+,42-,43?/m1/s1. The van der Waals surface area contributed by atoms with Crippen molar-refractivity contribution in [2.75, 3.05) is 13.7 Å². The van der Waals surface area contributed by atoms with Crippen LogP contribution in [0.1, 0.15) is 52.7 Å². The Hall–Kier alpha value is -3.67. The first-order valence-electron chi connectivity index (χ1n) is 18.4. The van der Waals surface area contributed by atoms with Crippen molar-refractivity contribution in [1.82, 2.24) is 0 Å². The molecule has 0 amide bonds. The first-order valence-corrected chi connectivity index (χ1v) is 22.3. The number of rotatable bonds is 12. The third-order valence-electron chi connectivity index (χ3n) is 11.2. The first-order chi connectivity index (χ1) is 25.0. The lowest BCUT2D eigenvalue weighted by Crippen LogP contribution is -2.71. The maximum absolute atomic E-state index is 13.3. The molecule has 0 aliphatic carbocycles. The average Bonchev–Trinajstić information content (AvgIpc) is 3.17. The van der Waals surface area contributed by atoms with Crippen LogP contribution in [0, 0.1) is 5.92 Å². The highest BCUT2D eigenvalue weighted by Crippen LogP contribution is 2.51. The van der Waals surface area contributed by atoms with Crippen molar-refractivity contribution in [3.8, 4) is 0 Å². The number of hydrogen-bond donors (Lipinski definition) is 2. The summed E-state index contributed by atoms with van der Waals surface area (Å²) in [5.74, 6) is -0.236. The number of aliphatic hydroxyl groups is 1. The van der Waals surface area contributed by atoms with Gasteiger partial charge in [0, 0.05) is 13.0 Å². The van der Waals surface area contributed by atoms with Crippen molar-refractivity contribution < 1.29 is 23.8 Å². The second kappa shape index (κ2) is 15.7. The lowest BCUT2D eigenvalue weighted by molar-refractivity contribution is -0.216. The van der Waals surface area contributed by atoms with E-state index >= 15 is 0 Å². The molecule has 5 aromatic carbocycles. The Morgan fingerprint density at radius 2 is 1.00 bits per heavy atom. The van der Waals surface area contributed by atoms with Gasteiger partial charge in [0.15, 0.2) is 0 Å². The van der Waals surface area contributed by atoms with Gasteiger partial charge in [-0.1, -0.05) is 186 Å². The second-order valence-corrected chi connectivity index (χ2v) is 24.0. The highest BCUT2D eigenvalue weighted by Gasteiger charge is 2.59. The van der Waals surface area contributed by atoms with Crippen LogP contribution in [0.3, 0.4) is 0 Å². The summed E-state index contributed by atoms with van der Waals surface area (Å²) in [6.45, 7) is 11.0. The topological polar surface area (TPSA) is 68.2 Å². The van der Waals surface area contributed by atoms with E-state index in [0.29, 0.717) is 6.42 Å². The van der Waals surface area contributed by atoms with Gasteiger partial charge in [0.2, 0.25) is 0 Å². The largest absolute Gasteiger partial charge is 0.424 e. The molecule has 2 unspecified atom stereocenters. The van der Waals surface area contributed by atoms with E-state index in [9.17, 15) is 9.90 Å². The van der Waals surface area contributed by atoms with Gasteiger partial charge in [-0.2, -0.15) is 0 Å². The third-order valence-corrected chi connectivity index (χ3v) is 20.8. The quantitative estimate of drug-likeness (QED) is 0.142. The maximum atomic E-state index is 13.3. The van der Waals surface area contributed by atoms with Crippen molar-refractivity contribution in [3.63, 3.8) is 0 Å². The monoisotopic (exact) mass is 730 g/mol. The predicted octanol–water partition coefficient (Wildman–Crippen LogP) is 6.62. The molecule has 1 fully saturated rings. The van der Waals surface area contributed by atoms with Crippen LogP contribution in [0.5, 0.6) is 0 Å². The molecule has 0 radical (unpaired) electrons. The fourth-order valence-electron chi connectivity index (χ4n) is 8.72. The van der Waals surface area contributed by atoms with Crippen LogP contribution in [0.2, 0.25) is 10.1 Å². The van der Waals surface area contributed by atoms with Crippen LogP contribution >= 0.6 is 0 Å². The predicted molar refractivity (Wildman–Crippen MR) is 217 cm³/mol. The Morgan fingerprint density at radius 1 is 0.596 bits per heavy atom. The van der Waals surface area contributed by atoms with Gasteiger partial charge < -0.3 is 23.8 Å². The van der Waals surface area contributed by atoms with Gasteiger partial charge in [-0.15, -0.1) is 0 Å². The summed E-state index contributed by atoms with van der Waals surface area (Å²) in [5.41, 5.74) is 1.01. The van der Waals surface area contributed by atoms with Gasteiger partial charge in [0.05, 0.1) is 18.8 Å². The van der Waals surface area contributed by atoms with Crippen LogP contribution < -0.4 is 20.7 Å². The van der Waals surface area contributed by atoms with Crippen LogP contribution in [0.4, 0.5) is 0 Å². The van der Waals surface area contributed by atoms with E-state index in [1.165, 1.54) is 0 Å². The van der Waals surface area contributed by atoms with Crippen molar-refractivity contribution in [2.45, 2.75) is 75.5 Å². The van der Waals surface area contributed by atoms with E-state index in [4.69, 9.17) is 13.9 Å². The normalized spacial score (nSPS) is 21.5. The molecule has 52 heavy (non-hydrogen) atoms. The molecule has 5 nitrogen and oxygen atoms in total. The fourth-order valence-corrected chi connectivity index (χ4v) is 17.2. The molecular formula is C45H54O5Si2. The summed E-state index contributed by atoms with van der Waals surface area (Å²) in [4.78, 5) is 13.3. The summed E-state index contributed by atoms with van der Waals surface area (Å²) in [6, 6.07) is 51.7. The molecule has 0 spiro atoms. The van der Waals surface area contributed by atoms with E-state index in [2.05, 4.69) is 120 Å². The molecule has 272 valence electrons. The van der Waals surface area contributed by atoms with Crippen molar-refractivity contribution in [3.05, 3.63) is 157 Å². The van der Waals surface area contributed by atoms with E-state index in [1.807, 2.05) is 66.7 Å². The molecule has 6 rings (SSSR count). The molecule has 0 saturated carbocycles. The lowest BCUT2D eigenvalue weighted by atomic mass is 9.78. The van der Waals surface area contributed by atoms with Gasteiger partial charge in [-0.3, -0.25) is 0 Å². The highest BCUT2D eigenvalue weighted by atomic mass is 28.4. The zero-order valence-corrected chi connectivity index (χ0v) is 33.4. The number of ether oxygens (including phenoxy) is 2. The minimum Gasteiger partial charge on any atom is -0.424 e. The Kier molecular flexibility index (Phi) is 11.5. The van der Waals surface area contributed by atoms with E-state index in [1.54, 1.807) is 7.11 Å². The maximum Gasteiger partial charge on any atom is 0.261 e. The molecule has 5 atom stereocenters. The highest BCUT2D eigenvalue weighted by molar-refractivity contribution is 6.99. The van der Waals surface area contributed by atoms with Crippen LogP contribution in [-0.4, -0.2) is 58.6 Å². The summed E-state index contributed by atoms with van der Waals surface area (Å²) < 4.78 is 21.5. The van der Waals surface area contributed by atoms with Crippen LogP contribution in [0.15, 0.2) is 152 Å². The summed E-state index contributed by atoms with van der Waals surface area (Å²) in [5, 5.41) is 14.5. The van der Waals surface area contributed by atoms with E-state index in [0.717, 1.165) is 26.3 Å². The van der Waals surface area contributed by atoms with E-state index in [-0.39, 0.29) is 17.6 Å². The summed E-state index contributed by atoms with van der Waals surface area (Å²) in [7, 11) is -4.75. The second-order valence-electron chi connectivity index (χ2n) is 15.8. The molecular weight excluding hydrogens is 677 g/mol. The van der Waals surface area contributed by atoms with Gasteiger partial charge >= 0.3 is 0 Å². The van der Waals surface area contributed by atoms with Gasteiger partial charge in [0.1, 0.15) is 12.2 Å². The minimum atomic E-state index is -3.41. The van der Waals surface area contributed by atoms with Crippen molar-refractivity contribution in [2.24, 2.45) is 5.92 Å². The van der Waals surface area contributed by atoms with Crippen molar-refractivity contribution in [1.29, 1.82) is 0 Å². The summed E-state index contributed by atoms with van der Waals surface area (Å²) >= 11 is 0. The molecule has 0 bridgehead atoms. The lowest BCUT2D eigenvalue weighted by Gasteiger charge is -2.53.